The first-order valence-corrected chi connectivity index (χ1v) is 18.0. The lowest BCUT2D eigenvalue weighted by molar-refractivity contribution is 0.737. The molecule has 3 aromatic heterocycles. The summed E-state index contributed by atoms with van der Waals surface area (Å²) in [6.45, 7) is 6.37. The molecule has 10 rings (SSSR count). The molecular formula is C48H36N4. The summed E-state index contributed by atoms with van der Waals surface area (Å²) in [7, 11) is 0. The number of benzene rings is 5. The molecule has 4 heterocycles. The summed E-state index contributed by atoms with van der Waals surface area (Å²) in [5.74, 6) is 2.08. The van der Waals surface area contributed by atoms with E-state index in [0.29, 0.717) is 0 Å². The standard InChI is InChI=1S/C48H36N4/c1-3-17-34-35-20-8-12-24-40(35)50(39(34)4-2)44-28-16-29-45-48(44)38-23-11-15-27-43(38)52(45)47-31-33(32-18-6-5-7-19-32)30-46(49-47)51-41-25-13-9-21-36(41)37-22-10-14-26-42(37)51/h3-31,36,41H,2H2,1H3/b17-3-. The fraction of sp³-hybridized carbons (Fsp3) is 0.0625. The smallest absolute Gasteiger partial charge is 0.140 e. The number of aromatic nitrogens is 3. The lowest BCUT2D eigenvalue weighted by atomic mass is 9.91. The highest BCUT2D eigenvalue weighted by Crippen LogP contribution is 2.48. The van der Waals surface area contributed by atoms with E-state index >= 15 is 0 Å². The van der Waals surface area contributed by atoms with E-state index in [0.717, 1.165) is 50.7 Å². The van der Waals surface area contributed by atoms with Crippen LogP contribution in [0.2, 0.25) is 0 Å². The molecule has 0 bridgehead atoms. The Bertz CT molecular complexity index is 2790. The Labute approximate surface area is 303 Å². The molecule has 0 N–H and O–H groups in total. The molecule has 8 aromatic rings. The number of hydrogen-bond donors (Lipinski definition) is 0. The van der Waals surface area contributed by atoms with Gasteiger partial charge in [-0.25, -0.2) is 4.98 Å². The van der Waals surface area contributed by atoms with Crippen molar-refractivity contribution in [1.82, 2.24) is 14.1 Å². The van der Waals surface area contributed by atoms with Gasteiger partial charge in [0.15, 0.2) is 0 Å². The van der Waals surface area contributed by atoms with Crippen LogP contribution in [0.4, 0.5) is 11.5 Å². The minimum Gasteiger partial charge on any atom is -0.318 e. The van der Waals surface area contributed by atoms with Crippen molar-refractivity contribution < 1.29 is 0 Å². The average molecular weight is 669 g/mol. The number of hydrogen-bond acceptors (Lipinski definition) is 2. The predicted molar refractivity (Wildman–Crippen MR) is 219 cm³/mol. The zero-order chi connectivity index (χ0) is 34.8. The van der Waals surface area contributed by atoms with Gasteiger partial charge in [0.05, 0.1) is 34.0 Å². The topological polar surface area (TPSA) is 26.0 Å². The molecule has 0 spiro atoms. The van der Waals surface area contributed by atoms with Crippen molar-refractivity contribution in [2.75, 3.05) is 4.90 Å². The molecule has 0 saturated carbocycles. The van der Waals surface area contributed by atoms with E-state index in [1.807, 2.05) is 6.08 Å². The molecule has 0 amide bonds. The summed E-state index contributed by atoms with van der Waals surface area (Å²) < 4.78 is 4.73. The van der Waals surface area contributed by atoms with Gasteiger partial charge in [-0.15, -0.1) is 0 Å². The molecule has 52 heavy (non-hydrogen) atoms. The summed E-state index contributed by atoms with van der Waals surface area (Å²) in [5, 5.41) is 3.55. The summed E-state index contributed by atoms with van der Waals surface area (Å²) >= 11 is 0. The minimum absolute atomic E-state index is 0.143. The normalized spacial score (nSPS) is 16.4. The van der Waals surface area contributed by atoms with Crippen molar-refractivity contribution in [2.24, 2.45) is 0 Å². The van der Waals surface area contributed by atoms with Crippen LogP contribution in [0.15, 0.2) is 170 Å². The number of para-hydroxylation sites is 3. The minimum atomic E-state index is 0.143. The van der Waals surface area contributed by atoms with Crippen LogP contribution in [0.3, 0.4) is 0 Å². The van der Waals surface area contributed by atoms with Crippen LogP contribution < -0.4 is 4.90 Å². The Kier molecular flexibility index (Phi) is 6.97. The highest BCUT2D eigenvalue weighted by atomic mass is 15.3. The van der Waals surface area contributed by atoms with Crippen molar-refractivity contribution in [3.05, 3.63) is 187 Å². The largest absolute Gasteiger partial charge is 0.318 e. The Morgan fingerprint density at radius 1 is 0.615 bits per heavy atom. The number of nitrogens with zero attached hydrogens (tertiary/aromatic N) is 4. The third kappa shape index (κ3) is 4.44. The van der Waals surface area contributed by atoms with E-state index in [9.17, 15) is 0 Å². The predicted octanol–water partition coefficient (Wildman–Crippen LogP) is 12.2. The molecule has 0 radical (unpaired) electrons. The molecule has 2 unspecified atom stereocenters. The first kappa shape index (κ1) is 30.2. The second-order valence-corrected chi connectivity index (χ2v) is 13.5. The molecule has 4 heteroatoms. The molecule has 0 saturated heterocycles. The molecule has 2 atom stereocenters. The average Bonchev–Trinajstić information content (AvgIpc) is 3.84. The van der Waals surface area contributed by atoms with Crippen molar-refractivity contribution >= 4 is 56.4 Å². The van der Waals surface area contributed by atoms with E-state index in [2.05, 4.69) is 197 Å². The van der Waals surface area contributed by atoms with Crippen molar-refractivity contribution in [3.63, 3.8) is 0 Å². The van der Waals surface area contributed by atoms with Gasteiger partial charge in [0, 0.05) is 33.3 Å². The third-order valence-corrected chi connectivity index (χ3v) is 10.7. The number of fused-ring (bicyclic) bond motifs is 7. The molecule has 1 aliphatic heterocycles. The van der Waals surface area contributed by atoms with Crippen LogP contribution >= 0.6 is 0 Å². The van der Waals surface area contributed by atoms with Crippen molar-refractivity contribution in [3.8, 4) is 22.6 Å². The van der Waals surface area contributed by atoms with E-state index < -0.39 is 0 Å². The Hall–Kier alpha value is -6.65. The van der Waals surface area contributed by atoms with Crippen LogP contribution in [0, 0.1) is 0 Å². The zero-order valence-corrected chi connectivity index (χ0v) is 28.9. The molecule has 5 aromatic carbocycles. The Morgan fingerprint density at radius 2 is 1.29 bits per heavy atom. The SMILES string of the molecule is C=Cc1c(/C=C\C)c2ccccc2n1-c1cccc2c1c1ccccc1n2-c1cc(-c2ccccc2)cc(N2c3ccccc3C3C=CC=CC32)n1. The second-order valence-electron chi connectivity index (χ2n) is 13.5. The van der Waals surface area contributed by atoms with Crippen LogP contribution in [0.5, 0.6) is 0 Å². The maximum absolute atomic E-state index is 5.59. The van der Waals surface area contributed by atoms with E-state index in [4.69, 9.17) is 4.98 Å². The van der Waals surface area contributed by atoms with Gasteiger partial charge in [-0.2, -0.15) is 0 Å². The summed E-state index contributed by atoms with van der Waals surface area (Å²) in [5.41, 5.74) is 11.5. The molecule has 1 aliphatic carbocycles. The van der Waals surface area contributed by atoms with E-state index in [-0.39, 0.29) is 12.0 Å². The lowest BCUT2D eigenvalue weighted by Gasteiger charge is -2.28. The van der Waals surface area contributed by atoms with Gasteiger partial charge in [0.1, 0.15) is 11.6 Å². The van der Waals surface area contributed by atoms with Gasteiger partial charge < -0.3 is 9.47 Å². The van der Waals surface area contributed by atoms with Gasteiger partial charge >= 0.3 is 0 Å². The maximum Gasteiger partial charge on any atom is 0.140 e. The molecule has 0 fully saturated rings. The number of allylic oxidation sites excluding steroid dienone is 3. The van der Waals surface area contributed by atoms with Gasteiger partial charge in [-0.05, 0) is 72.2 Å². The van der Waals surface area contributed by atoms with Gasteiger partial charge in [-0.3, -0.25) is 4.57 Å². The summed E-state index contributed by atoms with van der Waals surface area (Å²) in [6, 6.07) is 48.1. The number of anilines is 2. The Balaban J connectivity index is 1.27. The first-order valence-electron chi connectivity index (χ1n) is 18.0. The number of rotatable bonds is 6. The maximum atomic E-state index is 5.59. The van der Waals surface area contributed by atoms with Gasteiger partial charge in [-0.1, -0.05) is 134 Å². The summed E-state index contributed by atoms with van der Waals surface area (Å²) in [4.78, 5) is 8.02. The van der Waals surface area contributed by atoms with Crippen molar-refractivity contribution in [1.29, 1.82) is 0 Å². The monoisotopic (exact) mass is 668 g/mol. The highest BCUT2D eigenvalue weighted by Gasteiger charge is 2.38. The highest BCUT2D eigenvalue weighted by molar-refractivity contribution is 6.14. The van der Waals surface area contributed by atoms with Crippen LogP contribution in [-0.2, 0) is 0 Å². The lowest BCUT2D eigenvalue weighted by Crippen LogP contribution is -2.29. The van der Waals surface area contributed by atoms with E-state index in [1.54, 1.807) is 0 Å². The molecule has 4 nitrogen and oxygen atoms in total. The quantitative estimate of drug-likeness (QED) is 0.176. The molecule has 2 aliphatic rings. The summed E-state index contributed by atoms with van der Waals surface area (Å²) in [6.07, 6.45) is 15.3. The van der Waals surface area contributed by atoms with Crippen molar-refractivity contribution in [2.45, 2.75) is 18.9 Å². The van der Waals surface area contributed by atoms with Crippen LogP contribution in [0.1, 0.15) is 29.7 Å². The Morgan fingerprint density at radius 3 is 2.12 bits per heavy atom. The van der Waals surface area contributed by atoms with Gasteiger partial charge in [0.25, 0.3) is 0 Å². The molecule has 248 valence electrons. The van der Waals surface area contributed by atoms with Crippen LogP contribution in [0.25, 0.3) is 67.5 Å². The fourth-order valence-electron chi connectivity index (χ4n) is 8.61. The van der Waals surface area contributed by atoms with E-state index in [1.165, 1.54) is 33.0 Å². The molecular weight excluding hydrogens is 633 g/mol. The zero-order valence-electron chi connectivity index (χ0n) is 28.9. The fourth-order valence-corrected chi connectivity index (χ4v) is 8.61. The van der Waals surface area contributed by atoms with Gasteiger partial charge in [0.2, 0.25) is 0 Å². The third-order valence-electron chi connectivity index (χ3n) is 10.7. The first-order chi connectivity index (χ1) is 25.7. The second kappa shape index (κ2) is 12.0. The number of pyridine rings is 1. The van der Waals surface area contributed by atoms with Crippen LogP contribution in [-0.4, -0.2) is 20.2 Å².